The van der Waals surface area contributed by atoms with Gasteiger partial charge in [-0.25, -0.2) is 0 Å². The molecule has 0 spiro atoms. The van der Waals surface area contributed by atoms with Crippen LogP contribution in [0.2, 0.25) is 0 Å². The van der Waals surface area contributed by atoms with Gasteiger partial charge in [0.25, 0.3) is 5.91 Å². The molecule has 0 rings (SSSR count). The Balaban J connectivity index is 0. The van der Waals surface area contributed by atoms with Crippen LogP contribution in [0.4, 0.5) is 0 Å². The third-order valence-corrected chi connectivity index (χ3v) is 0.355. The van der Waals surface area contributed by atoms with E-state index in [1.54, 1.807) is 0 Å². The fraction of sp³-hybridized carbons (Fsp3) is 0. The number of carboxylic acids is 1. The number of carbonyl (C=O) groups excluding carboxylic acids is 2. The van der Waals surface area contributed by atoms with Crippen molar-refractivity contribution < 1.29 is 44.3 Å². The Hall–Kier alpha value is -0.570. The van der Waals surface area contributed by atoms with Crippen molar-refractivity contribution in [1.29, 1.82) is 5.26 Å². The van der Waals surface area contributed by atoms with E-state index in [-0.39, 0.29) is 29.6 Å². The van der Waals surface area contributed by atoms with Crippen LogP contribution in [-0.4, -0.2) is 11.9 Å². The summed E-state index contributed by atoms with van der Waals surface area (Å²) in [6.45, 7) is 0. The molecule has 0 saturated heterocycles. The molecule has 0 fully saturated rings. The van der Waals surface area contributed by atoms with Crippen molar-refractivity contribution in [2.75, 3.05) is 0 Å². The van der Waals surface area contributed by atoms with Crippen LogP contribution in [0.15, 0.2) is 0 Å². The molecule has 0 aliphatic carbocycles. The topological polar surface area (TPSA) is 93.0 Å². The first kappa shape index (κ1) is 11.3. The van der Waals surface area contributed by atoms with E-state index in [9.17, 15) is 14.7 Å². The third-order valence-electron chi connectivity index (χ3n) is 0.355. The molecule has 6 heteroatoms. The minimum atomic E-state index is -1.91. The summed E-state index contributed by atoms with van der Waals surface area (Å²) in [5, 5.41) is 18.4. The zero-order valence-corrected chi connectivity index (χ0v) is 6.67. The number of aliphatic carboxylic acids is 1. The van der Waals surface area contributed by atoms with Crippen LogP contribution in [0, 0.1) is 11.5 Å². The smallest absolute Gasteiger partial charge is 0.540 e. The average molecular weight is 136 g/mol. The van der Waals surface area contributed by atoms with Gasteiger partial charge < -0.3 is 9.90 Å². The number of hydrogen-bond acceptors (Lipinski definition) is 4. The summed E-state index contributed by atoms with van der Waals surface area (Å²) in [6, 6.07) is 0. The molecule has 0 aliphatic heterocycles. The largest absolute Gasteiger partial charge is 1.00 e. The predicted octanol–water partition coefficient (Wildman–Crippen LogP) is -5.66. The van der Waals surface area contributed by atoms with E-state index in [0.29, 0.717) is 0 Å². The van der Waals surface area contributed by atoms with E-state index in [1.165, 1.54) is 5.32 Å². The van der Waals surface area contributed by atoms with Gasteiger partial charge in [0.1, 0.15) is 5.97 Å². The number of nitrogens with one attached hydrogen (secondary N) is 1. The van der Waals surface area contributed by atoms with Gasteiger partial charge in [-0.1, -0.05) is 0 Å². The van der Waals surface area contributed by atoms with E-state index < -0.39 is 11.9 Å². The SMILES string of the molecule is N#CNC(=O)C(=O)[O-].[Na+]. The maximum absolute atomic E-state index is 9.75. The van der Waals surface area contributed by atoms with Crippen molar-refractivity contribution in [2.45, 2.75) is 0 Å². The number of nitriles is 1. The molecule has 0 unspecified atom stereocenters. The Labute approximate surface area is 72.9 Å². The number of nitrogens with zero attached hydrogens (tertiary/aromatic N) is 1. The fourth-order valence-electron chi connectivity index (χ4n) is 0.102. The van der Waals surface area contributed by atoms with Gasteiger partial charge in [-0.2, -0.15) is 5.26 Å². The van der Waals surface area contributed by atoms with E-state index in [1.807, 2.05) is 0 Å². The number of hydrogen-bond donors (Lipinski definition) is 1. The molecule has 0 bridgehead atoms. The molecule has 0 aromatic carbocycles. The molecule has 0 heterocycles. The fourth-order valence-corrected chi connectivity index (χ4v) is 0.102. The summed E-state index contributed by atoms with van der Waals surface area (Å²) >= 11 is 0. The first-order valence-electron chi connectivity index (χ1n) is 1.59. The van der Waals surface area contributed by atoms with Crippen LogP contribution in [0.1, 0.15) is 0 Å². The van der Waals surface area contributed by atoms with Crippen LogP contribution in [0.25, 0.3) is 0 Å². The van der Waals surface area contributed by atoms with Gasteiger partial charge in [0.05, 0.1) is 0 Å². The Morgan fingerprint density at radius 3 is 2.11 bits per heavy atom. The Morgan fingerprint density at radius 1 is 1.56 bits per heavy atom. The van der Waals surface area contributed by atoms with Gasteiger partial charge in [-0.05, 0) is 0 Å². The maximum atomic E-state index is 9.75. The van der Waals surface area contributed by atoms with Crippen molar-refractivity contribution in [3.8, 4) is 6.19 Å². The molecule has 9 heavy (non-hydrogen) atoms. The van der Waals surface area contributed by atoms with Crippen LogP contribution in [-0.2, 0) is 9.59 Å². The van der Waals surface area contributed by atoms with Gasteiger partial charge in [-0.3, -0.25) is 10.1 Å². The van der Waals surface area contributed by atoms with Crippen LogP contribution < -0.4 is 40.0 Å². The monoisotopic (exact) mass is 136 g/mol. The second-order valence-electron chi connectivity index (χ2n) is 0.853. The molecule has 1 amide bonds. The Kier molecular flexibility index (Phi) is 6.96. The molecule has 0 aromatic heterocycles. The Bertz CT molecular complexity index is 161. The van der Waals surface area contributed by atoms with Gasteiger partial charge in [0.15, 0.2) is 6.19 Å². The first-order chi connectivity index (χ1) is 3.68. The summed E-state index contributed by atoms with van der Waals surface area (Å²) < 4.78 is 0. The number of carbonyl (C=O) groups is 2. The van der Waals surface area contributed by atoms with Crippen LogP contribution >= 0.6 is 0 Å². The number of carboxylic acid groups (broad SMARTS) is 1. The number of amides is 1. The normalized spacial score (nSPS) is 6.11. The van der Waals surface area contributed by atoms with E-state index in [2.05, 4.69) is 0 Å². The van der Waals surface area contributed by atoms with Crippen molar-refractivity contribution in [3.05, 3.63) is 0 Å². The molecule has 0 atom stereocenters. The number of rotatable bonds is 0. The maximum Gasteiger partial charge on any atom is 1.00 e. The minimum Gasteiger partial charge on any atom is -0.540 e. The molecule has 5 nitrogen and oxygen atoms in total. The summed E-state index contributed by atoms with van der Waals surface area (Å²) in [5.74, 6) is -3.33. The molecular formula is C3HN2NaO3. The van der Waals surface area contributed by atoms with Crippen LogP contribution in [0.5, 0.6) is 0 Å². The summed E-state index contributed by atoms with van der Waals surface area (Å²) in [4.78, 5) is 19.2. The van der Waals surface area contributed by atoms with E-state index in [0.717, 1.165) is 6.19 Å². The van der Waals surface area contributed by atoms with Crippen LogP contribution in [0.3, 0.4) is 0 Å². The second-order valence-corrected chi connectivity index (χ2v) is 0.853. The zero-order valence-electron chi connectivity index (χ0n) is 4.67. The van der Waals surface area contributed by atoms with Crippen molar-refractivity contribution >= 4 is 11.9 Å². The van der Waals surface area contributed by atoms with Gasteiger partial charge in [-0.15, -0.1) is 0 Å². The molecule has 0 saturated carbocycles. The average Bonchev–Trinajstić information content (AvgIpc) is 1.67. The van der Waals surface area contributed by atoms with Crippen molar-refractivity contribution in [1.82, 2.24) is 5.32 Å². The molecule has 42 valence electrons. The molecule has 1 N–H and O–H groups in total. The predicted molar refractivity (Wildman–Crippen MR) is 18.8 cm³/mol. The van der Waals surface area contributed by atoms with E-state index >= 15 is 0 Å². The summed E-state index contributed by atoms with van der Waals surface area (Å²) in [7, 11) is 0. The molecular weight excluding hydrogens is 135 g/mol. The second kappa shape index (κ2) is 5.56. The zero-order chi connectivity index (χ0) is 6.57. The molecule has 0 aromatic rings. The Morgan fingerprint density at radius 2 is 2.00 bits per heavy atom. The quantitative estimate of drug-likeness (QED) is 0.155. The van der Waals surface area contributed by atoms with Gasteiger partial charge >= 0.3 is 29.6 Å². The van der Waals surface area contributed by atoms with Gasteiger partial charge in [0, 0.05) is 0 Å². The third kappa shape index (κ3) is 5.30. The van der Waals surface area contributed by atoms with Gasteiger partial charge in [0.2, 0.25) is 0 Å². The molecule has 0 aliphatic rings. The summed E-state index contributed by atoms with van der Waals surface area (Å²) in [5.41, 5.74) is 0. The molecule has 0 radical (unpaired) electrons. The van der Waals surface area contributed by atoms with Crippen molar-refractivity contribution in [3.63, 3.8) is 0 Å². The van der Waals surface area contributed by atoms with Crippen molar-refractivity contribution in [2.24, 2.45) is 0 Å². The minimum absolute atomic E-state index is 0. The van der Waals surface area contributed by atoms with E-state index in [4.69, 9.17) is 5.26 Å². The first-order valence-corrected chi connectivity index (χ1v) is 1.59. The summed E-state index contributed by atoms with van der Waals surface area (Å²) in [6.07, 6.45) is 1.13. The standard InChI is InChI=1S/C3H2N2O3.Na/c4-1-5-2(6)3(7)8;/h(H,5,6)(H,7,8);/q;+1/p-1.